The van der Waals surface area contributed by atoms with Gasteiger partial charge in [0, 0.05) is 48.4 Å². The summed E-state index contributed by atoms with van der Waals surface area (Å²) in [5.74, 6) is 1.18. The lowest BCUT2D eigenvalue weighted by atomic mass is 9.60. The lowest BCUT2D eigenvalue weighted by molar-refractivity contribution is 0.111. The van der Waals surface area contributed by atoms with E-state index < -0.39 is 0 Å². The van der Waals surface area contributed by atoms with Crippen LogP contribution in [0.15, 0.2) is 51.9 Å². The molecule has 2 aliphatic rings. The molecule has 2 fully saturated rings. The molecule has 184 valence electrons. The molecule has 0 amide bonds. The van der Waals surface area contributed by atoms with Gasteiger partial charge in [-0.05, 0) is 86.6 Å². The minimum atomic E-state index is 0.331. The van der Waals surface area contributed by atoms with Crippen LogP contribution < -0.4 is 5.32 Å². The second-order valence-electron chi connectivity index (χ2n) is 10.9. The Balaban J connectivity index is 1.37. The van der Waals surface area contributed by atoms with E-state index in [0.717, 1.165) is 52.5 Å². The smallest absolute Gasteiger partial charge is 0.133 e. The average molecular weight is 480 g/mol. The van der Waals surface area contributed by atoms with E-state index in [0.29, 0.717) is 17.2 Å². The molecule has 1 aliphatic heterocycles. The van der Waals surface area contributed by atoms with E-state index >= 15 is 0 Å². The molecule has 0 radical (unpaired) electrons. The molecule has 4 rings (SSSR count). The van der Waals surface area contributed by atoms with Crippen LogP contribution in [0, 0.1) is 11.3 Å². The highest BCUT2D eigenvalue weighted by atomic mass is 32.1. The zero-order chi connectivity index (χ0) is 24.5. The lowest BCUT2D eigenvalue weighted by Gasteiger charge is -2.47. The van der Waals surface area contributed by atoms with Crippen molar-refractivity contribution in [2.45, 2.75) is 59.4 Å². The first kappa shape index (κ1) is 25.2. The first-order chi connectivity index (χ1) is 16.2. The van der Waals surface area contributed by atoms with E-state index in [2.05, 4.69) is 55.5 Å². The van der Waals surface area contributed by atoms with Gasteiger partial charge in [-0.1, -0.05) is 31.6 Å². The third-order valence-corrected chi connectivity index (χ3v) is 8.99. The van der Waals surface area contributed by atoms with E-state index in [4.69, 9.17) is 0 Å². The second-order valence-corrected chi connectivity index (χ2v) is 11.9. The van der Waals surface area contributed by atoms with Crippen LogP contribution >= 0.6 is 11.3 Å². The van der Waals surface area contributed by atoms with E-state index in [-0.39, 0.29) is 0 Å². The zero-order valence-electron chi connectivity index (χ0n) is 21.6. The SMILES string of the molecule is C=C(CN1CCC[C@@H](NC/C(C)=C(/C)C(=NC)c2ccc3sccc3c2O)C1)C1(C)CC(C)C1. The summed E-state index contributed by atoms with van der Waals surface area (Å²) in [5, 5.41) is 17.6. The Morgan fingerprint density at radius 1 is 1.29 bits per heavy atom. The Labute approximate surface area is 209 Å². The third-order valence-electron chi connectivity index (χ3n) is 8.11. The molecule has 2 heterocycles. The fraction of sp³-hybridized carbons (Fsp3) is 0.552. The Kier molecular flexibility index (Phi) is 7.66. The molecular formula is C29H41N3OS. The van der Waals surface area contributed by atoms with Gasteiger partial charge in [-0.15, -0.1) is 11.3 Å². The van der Waals surface area contributed by atoms with Gasteiger partial charge in [0.1, 0.15) is 5.75 Å². The van der Waals surface area contributed by atoms with Gasteiger partial charge in [0.15, 0.2) is 0 Å². The van der Waals surface area contributed by atoms with Crippen molar-refractivity contribution in [1.29, 1.82) is 0 Å². The third kappa shape index (κ3) is 5.17. The highest BCUT2D eigenvalue weighted by molar-refractivity contribution is 7.17. The highest BCUT2D eigenvalue weighted by Crippen LogP contribution is 2.49. The molecular weight excluding hydrogens is 438 g/mol. The van der Waals surface area contributed by atoms with Crippen LogP contribution in [0.25, 0.3) is 10.1 Å². The quantitative estimate of drug-likeness (QED) is 0.340. The monoisotopic (exact) mass is 479 g/mol. The number of fused-ring (bicyclic) bond motifs is 1. The maximum Gasteiger partial charge on any atom is 0.133 e. The summed E-state index contributed by atoms with van der Waals surface area (Å²) in [7, 11) is 1.81. The number of nitrogens with one attached hydrogen (secondary N) is 1. The number of hydrogen-bond donors (Lipinski definition) is 2. The van der Waals surface area contributed by atoms with Crippen LogP contribution in [-0.2, 0) is 0 Å². The number of rotatable bonds is 8. The van der Waals surface area contributed by atoms with Gasteiger partial charge in [0.05, 0.1) is 5.71 Å². The first-order valence-corrected chi connectivity index (χ1v) is 13.6. The van der Waals surface area contributed by atoms with E-state index in [1.54, 1.807) is 11.3 Å². The van der Waals surface area contributed by atoms with E-state index in [1.807, 2.05) is 24.6 Å². The largest absolute Gasteiger partial charge is 0.507 e. The van der Waals surface area contributed by atoms with Crippen molar-refractivity contribution in [3.8, 4) is 5.75 Å². The van der Waals surface area contributed by atoms with Crippen LogP contribution in [0.4, 0.5) is 0 Å². The van der Waals surface area contributed by atoms with Crippen LogP contribution in [0.5, 0.6) is 5.75 Å². The minimum absolute atomic E-state index is 0.331. The molecule has 1 saturated carbocycles. The van der Waals surface area contributed by atoms with Crippen molar-refractivity contribution < 1.29 is 5.11 Å². The molecule has 1 atom stereocenters. The number of likely N-dealkylation sites (tertiary alicyclic amines) is 1. The number of aromatic hydroxyl groups is 1. The summed E-state index contributed by atoms with van der Waals surface area (Å²) in [6.07, 6.45) is 5.03. The fourth-order valence-corrected chi connectivity index (χ4v) is 6.72. The van der Waals surface area contributed by atoms with Gasteiger partial charge in [0.2, 0.25) is 0 Å². The van der Waals surface area contributed by atoms with Crippen LogP contribution in [0.1, 0.15) is 58.9 Å². The topological polar surface area (TPSA) is 47.9 Å². The Bertz CT molecular complexity index is 1110. The van der Waals surface area contributed by atoms with Crippen LogP contribution in [0.3, 0.4) is 0 Å². The van der Waals surface area contributed by atoms with Crippen molar-refractivity contribution in [1.82, 2.24) is 10.2 Å². The molecule has 2 aromatic rings. The molecule has 1 aromatic heterocycles. The molecule has 0 unspecified atom stereocenters. The summed E-state index contributed by atoms with van der Waals surface area (Å²) in [6, 6.07) is 6.55. The second kappa shape index (κ2) is 10.3. The number of allylic oxidation sites excluding steroid dienone is 1. The van der Waals surface area contributed by atoms with Crippen molar-refractivity contribution in [3.05, 3.63) is 52.4 Å². The fourth-order valence-electron chi connectivity index (χ4n) is 5.94. The Morgan fingerprint density at radius 3 is 2.76 bits per heavy atom. The molecule has 5 heteroatoms. The molecule has 2 N–H and O–H groups in total. The number of hydrogen-bond acceptors (Lipinski definition) is 5. The van der Waals surface area contributed by atoms with Gasteiger partial charge in [-0.3, -0.25) is 9.89 Å². The normalized spacial score (nSPS) is 26.9. The van der Waals surface area contributed by atoms with Crippen molar-refractivity contribution in [2.75, 3.05) is 33.2 Å². The number of phenols is 1. The Morgan fingerprint density at radius 2 is 2.06 bits per heavy atom. The molecule has 0 spiro atoms. The van der Waals surface area contributed by atoms with Crippen LogP contribution in [-0.4, -0.2) is 55.0 Å². The average Bonchev–Trinajstić information content (AvgIpc) is 3.28. The maximum atomic E-state index is 10.9. The van der Waals surface area contributed by atoms with Gasteiger partial charge in [0.25, 0.3) is 0 Å². The minimum Gasteiger partial charge on any atom is -0.507 e. The number of piperidine rings is 1. The summed E-state index contributed by atoms with van der Waals surface area (Å²) in [5.41, 5.74) is 5.85. The summed E-state index contributed by atoms with van der Waals surface area (Å²) >= 11 is 1.65. The van der Waals surface area contributed by atoms with E-state index in [9.17, 15) is 5.11 Å². The number of aliphatic imine (C=N–C) groups is 1. The molecule has 1 saturated heterocycles. The van der Waals surface area contributed by atoms with Crippen LogP contribution in [0.2, 0.25) is 0 Å². The number of nitrogens with zero attached hydrogens (tertiary/aromatic N) is 2. The number of thiophene rings is 1. The lowest BCUT2D eigenvalue weighted by Crippen LogP contribution is -2.48. The number of benzene rings is 1. The molecule has 1 aromatic carbocycles. The zero-order valence-corrected chi connectivity index (χ0v) is 22.4. The molecule has 1 aliphatic carbocycles. The standard InChI is InChI=1S/C29H41N3OS/c1-19-14-29(5,15-19)21(3)17-32-12-7-8-23(18-32)31-16-20(2)22(4)27(30-6)25-9-10-26-24(28(25)33)11-13-34-26/h9-11,13,19,23,31,33H,3,7-8,12,14-18H2,1-2,4-6H3/b22-20-,30-27?/t19?,23-,29?/m1/s1. The summed E-state index contributed by atoms with van der Waals surface area (Å²) in [6.45, 7) is 17.6. The predicted octanol–water partition coefficient (Wildman–Crippen LogP) is 6.41. The number of phenolic OH excluding ortho intramolecular Hbond substituents is 1. The van der Waals surface area contributed by atoms with Crippen molar-refractivity contribution in [3.63, 3.8) is 0 Å². The maximum absolute atomic E-state index is 10.9. The van der Waals surface area contributed by atoms with Gasteiger partial charge < -0.3 is 10.4 Å². The van der Waals surface area contributed by atoms with Gasteiger partial charge in [-0.25, -0.2) is 0 Å². The van der Waals surface area contributed by atoms with Crippen molar-refractivity contribution in [2.24, 2.45) is 16.3 Å². The highest BCUT2D eigenvalue weighted by Gasteiger charge is 2.40. The summed E-state index contributed by atoms with van der Waals surface area (Å²) in [4.78, 5) is 7.16. The van der Waals surface area contributed by atoms with E-state index in [1.165, 1.54) is 43.4 Å². The van der Waals surface area contributed by atoms with Crippen molar-refractivity contribution >= 4 is 27.1 Å². The molecule has 34 heavy (non-hydrogen) atoms. The summed E-state index contributed by atoms with van der Waals surface area (Å²) < 4.78 is 1.10. The van der Waals surface area contributed by atoms with Gasteiger partial charge >= 0.3 is 0 Å². The molecule has 4 nitrogen and oxygen atoms in total. The molecule has 0 bridgehead atoms. The first-order valence-electron chi connectivity index (χ1n) is 12.7. The Hall–Kier alpha value is -1.95. The van der Waals surface area contributed by atoms with Gasteiger partial charge in [-0.2, -0.15) is 0 Å². The predicted molar refractivity (Wildman–Crippen MR) is 147 cm³/mol.